The van der Waals surface area contributed by atoms with Crippen LogP contribution in [0.5, 0.6) is 0 Å². The Kier molecular flexibility index (Phi) is 4.05. The lowest BCUT2D eigenvalue weighted by Gasteiger charge is -2.11. The van der Waals surface area contributed by atoms with Crippen molar-refractivity contribution in [2.45, 2.75) is 12.5 Å². The van der Waals surface area contributed by atoms with Crippen LogP contribution in [0.25, 0.3) is 11.0 Å². The molecule has 0 fully saturated rings. The van der Waals surface area contributed by atoms with Crippen LogP contribution in [0.3, 0.4) is 0 Å². The summed E-state index contributed by atoms with van der Waals surface area (Å²) < 4.78 is 5.01. The minimum atomic E-state index is -1.27. The van der Waals surface area contributed by atoms with Crippen molar-refractivity contribution < 1.29 is 19.1 Å². The molecule has 1 amide bonds. The molecule has 0 aliphatic heterocycles. The summed E-state index contributed by atoms with van der Waals surface area (Å²) in [5.74, 6) is 0.0453. The topological polar surface area (TPSA) is 96.6 Å². The van der Waals surface area contributed by atoms with Crippen molar-refractivity contribution in [3.63, 3.8) is 0 Å². The van der Waals surface area contributed by atoms with Crippen LogP contribution in [0.2, 0.25) is 0 Å². The fourth-order valence-electron chi connectivity index (χ4n) is 1.77. The third kappa shape index (κ3) is 3.09. The second kappa shape index (κ2) is 5.92. The van der Waals surface area contributed by atoms with Gasteiger partial charge in [0.15, 0.2) is 0 Å². The number of carboxylic acids is 1. The summed E-state index contributed by atoms with van der Waals surface area (Å²) in [5.41, 5.74) is -0.759. The Morgan fingerprint density at radius 3 is 2.76 bits per heavy atom. The van der Waals surface area contributed by atoms with Crippen molar-refractivity contribution in [1.82, 2.24) is 5.32 Å². The number of para-hydroxylation sites is 1. The van der Waals surface area contributed by atoms with E-state index in [1.807, 2.05) is 0 Å². The number of fused-ring (bicyclic) bond motifs is 1. The summed E-state index contributed by atoms with van der Waals surface area (Å²) in [7, 11) is 0. The quantitative estimate of drug-likeness (QED) is 0.645. The molecule has 6 nitrogen and oxygen atoms in total. The molecule has 0 saturated carbocycles. The van der Waals surface area contributed by atoms with Gasteiger partial charge in [0.05, 0.1) is 0 Å². The highest BCUT2D eigenvalue weighted by Crippen LogP contribution is 2.12. The van der Waals surface area contributed by atoms with E-state index in [1.165, 1.54) is 6.07 Å². The monoisotopic (exact) mass is 285 g/mol. The number of aliphatic carboxylic acids is 1. The molecule has 2 N–H and O–H groups in total. The molecule has 21 heavy (non-hydrogen) atoms. The molecule has 0 saturated heterocycles. The number of nitrogens with one attached hydrogen (secondary N) is 1. The largest absolute Gasteiger partial charge is 0.480 e. The van der Waals surface area contributed by atoms with Gasteiger partial charge in [0.1, 0.15) is 17.2 Å². The van der Waals surface area contributed by atoms with Crippen molar-refractivity contribution in [2.75, 3.05) is 0 Å². The zero-order valence-corrected chi connectivity index (χ0v) is 10.8. The number of carbonyl (C=O) groups is 2. The van der Waals surface area contributed by atoms with Crippen LogP contribution in [0.15, 0.2) is 39.5 Å². The number of hydrogen-bond acceptors (Lipinski definition) is 4. The molecule has 1 unspecified atom stereocenters. The highest BCUT2D eigenvalue weighted by molar-refractivity contribution is 5.98. The van der Waals surface area contributed by atoms with E-state index in [-0.39, 0.29) is 12.0 Å². The Morgan fingerprint density at radius 1 is 1.38 bits per heavy atom. The average Bonchev–Trinajstić information content (AvgIpc) is 2.45. The van der Waals surface area contributed by atoms with E-state index in [2.05, 4.69) is 11.2 Å². The fourth-order valence-corrected chi connectivity index (χ4v) is 1.77. The number of amides is 1. The molecule has 106 valence electrons. The summed E-state index contributed by atoms with van der Waals surface area (Å²) in [6, 6.07) is 6.78. The Morgan fingerprint density at radius 2 is 2.10 bits per heavy atom. The van der Waals surface area contributed by atoms with Gasteiger partial charge in [-0.1, -0.05) is 18.2 Å². The van der Waals surface area contributed by atoms with Crippen LogP contribution in [-0.4, -0.2) is 23.0 Å². The number of terminal acetylenes is 1. The van der Waals surface area contributed by atoms with E-state index >= 15 is 0 Å². The maximum absolute atomic E-state index is 12.0. The number of rotatable bonds is 4. The Labute approximate surface area is 119 Å². The maximum atomic E-state index is 12.0. The summed E-state index contributed by atoms with van der Waals surface area (Å²) in [6.45, 7) is 0. The van der Waals surface area contributed by atoms with Crippen molar-refractivity contribution in [3.8, 4) is 12.3 Å². The Balaban J connectivity index is 2.35. The molecule has 0 aliphatic carbocycles. The van der Waals surface area contributed by atoms with Gasteiger partial charge >= 0.3 is 11.6 Å². The summed E-state index contributed by atoms with van der Waals surface area (Å²) in [5, 5.41) is 11.7. The van der Waals surface area contributed by atoms with Gasteiger partial charge in [-0.3, -0.25) is 4.79 Å². The maximum Gasteiger partial charge on any atom is 0.349 e. The third-order valence-electron chi connectivity index (χ3n) is 2.81. The molecule has 1 aromatic carbocycles. The summed E-state index contributed by atoms with van der Waals surface area (Å²) in [6.07, 6.45) is 4.86. The fraction of sp³-hybridized carbons (Fsp3) is 0.133. The first-order valence-electron chi connectivity index (χ1n) is 6.03. The average molecular weight is 285 g/mol. The SMILES string of the molecule is C#CCC(NC(=O)c1cc2ccccc2oc1=O)C(=O)O. The molecular formula is C15H11NO5. The van der Waals surface area contributed by atoms with Crippen molar-refractivity contribution in [2.24, 2.45) is 0 Å². The Bertz CT molecular complexity index is 800. The van der Waals surface area contributed by atoms with Gasteiger partial charge in [-0.2, -0.15) is 0 Å². The van der Waals surface area contributed by atoms with E-state index in [0.717, 1.165) is 0 Å². The first-order valence-corrected chi connectivity index (χ1v) is 6.03. The zero-order chi connectivity index (χ0) is 15.4. The van der Waals surface area contributed by atoms with Gasteiger partial charge in [-0.25, -0.2) is 9.59 Å². The smallest absolute Gasteiger partial charge is 0.349 e. The molecule has 2 rings (SSSR count). The molecule has 2 aromatic rings. The van der Waals surface area contributed by atoms with Crippen LogP contribution >= 0.6 is 0 Å². The third-order valence-corrected chi connectivity index (χ3v) is 2.81. The van der Waals surface area contributed by atoms with E-state index in [9.17, 15) is 14.4 Å². The second-order valence-electron chi connectivity index (χ2n) is 4.26. The molecule has 6 heteroatoms. The standard InChI is InChI=1S/C15H11NO5/c1-2-5-11(14(18)19)16-13(17)10-8-9-6-3-4-7-12(9)21-15(10)20/h1,3-4,6-8,11H,5H2,(H,16,17)(H,18,19). The molecule has 0 bridgehead atoms. The highest BCUT2D eigenvalue weighted by Gasteiger charge is 2.22. The lowest BCUT2D eigenvalue weighted by molar-refractivity contribution is -0.139. The molecule has 0 spiro atoms. The predicted octanol–water partition coefficient (Wildman–Crippen LogP) is 0.999. The molecule has 1 heterocycles. The molecular weight excluding hydrogens is 274 g/mol. The number of hydrogen-bond donors (Lipinski definition) is 2. The van der Waals surface area contributed by atoms with E-state index in [1.54, 1.807) is 24.3 Å². The van der Waals surface area contributed by atoms with Crippen molar-refractivity contribution in [1.29, 1.82) is 0 Å². The summed E-state index contributed by atoms with van der Waals surface area (Å²) in [4.78, 5) is 34.7. The first-order chi connectivity index (χ1) is 10.0. The molecule has 0 aliphatic rings. The summed E-state index contributed by atoms with van der Waals surface area (Å²) >= 11 is 0. The van der Waals surface area contributed by atoms with Gasteiger partial charge in [0.2, 0.25) is 0 Å². The number of benzene rings is 1. The van der Waals surface area contributed by atoms with Crippen LogP contribution < -0.4 is 10.9 Å². The number of carboxylic acid groups (broad SMARTS) is 1. The first kappa shape index (κ1) is 14.3. The minimum absolute atomic E-state index is 0.181. The van der Waals surface area contributed by atoms with E-state index in [0.29, 0.717) is 11.0 Å². The molecule has 1 atom stereocenters. The van der Waals surface area contributed by atoms with Gasteiger partial charge in [-0.15, -0.1) is 12.3 Å². The van der Waals surface area contributed by atoms with E-state index in [4.69, 9.17) is 15.9 Å². The lowest BCUT2D eigenvalue weighted by atomic mass is 10.1. The molecule has 0 radical (unpaired) electrons. The Hall–Kier alpha value is -3.07. The van der Waals surface area contributed by atoms with Crippen LogP contribution in [0.4, 0.5) is 0 Å². The van der Waals surface area contributed by atoms with Crippen molar-refractivity contribution in [3.05, 3.63) is 46.3 Å². The van der Waals surface area contributed by atoms with Gasteiger partial charge < -0.3 is 14.8 Å². The van der Waals surface area contributed by atoms with Crippen LogP contribution in [0.1, 0.15) is 16.8 Å². The van der Waals surface area contributed by atoms with Crippen LogP contribution in [0, 0.1) is 12.3 Å². The lowest BCUT2D eigenvalue weighted by Crippen LogP contribution is -2.41. The predicted molar refractivity (Wildman–Crippen MR) is 74.8 cm³/mol. The van der Waals surface area contributed by atoms with Gasteiger partial charge in [0, 0.05) is 11.8 Å². The van der Waals surface area contributed by atoms with E-state index < -0.39 is 23.5 Å². The van der Waals surface area contributed by atoms with Gasteiger partial charge in [0.25, 0.3) is 5.91 Å². The van der Waals surface area contributed by atoms with Gasteiger partial charge in [-0.05, 0) is 12.1 Å². The zero-order valence-electron chi connectivity index (χ0n) is 10.8. The van der Waals surface area contributed by atoms with Crippen molar-refractivity contribution >= 4 is 22.8 Å². The normalized spacial score (nSPS) is 11.6. The second-order valence-corrected chi connectivity index (χ2v) is 4.26. The highest BCUT2D eigenvalue weighted by atomic mass is 16.4. The molecule has 1 aromatic heterocycles. The van der Waals surface area contributed by atoms with Crippen LogP contribution in [-0.2, 0) is 4.79 Å². The number of carbonyl (C=O) groups excluding carboxylic acids is 1. The minimum Gasteiger partial charge on any atom is -0.480 e.